The molecule has 1 aliphatic rings. The number of anilines is 1. The molecular weight excluding hydrogens is 313 g/mol. The number of hydrogen-bond donors (Lipinski definition) is 2. The zero-order chi connectivity index (χ0) is 17.3. The van der Waals surface area contributed by atoms with E-state index in [0.29, 0.717) is 31.0 Å². The fourth-order valence-electron chi connectivity index (χ4n) is 2.86. The molecule has 3 rings (SSSR count). The lowest BCUT2D eigenvalue weighted by Gasteiger charge is -2.18. The first-order valence-corrected chi connectivity index (χ1v) is 7.58. The Balaban J connectivity index is 1.66. The summed E-state index contributed by atoms with van der Waals surface area (Å²) < 4.78 is 15.3. The number of carbonyl (C=O) groups is 2. The van der Waals surface area contributed by atoms with Gasteiger partial charge in [0.2, 0.25) is 5.91 Å². The lowest BCUT2D eigenvalue weighted by Crippen LogP contribution is -2.38. The number of pyridine rings is 1. The highest BCUT2D eigenvalue weighted by atomic mass is 19.1. The Bertz CT molecular complexity index is 789. The van der Waals surface area contributed by atoms with Crippen molar-refractivity contribution in [2.45, 2.75) is 12.5 Å². The van der Waals surface area contributed by atoms with E-state index in [9.17, 15) is 14.0 Å². The molecule has 1 fully saturated rings. The van der Waals surface area contributed by atoms with Crippen molar-refractivity contribution in [3.63, 3.8) is 0 Å². The van der Waals surface area contributed by atoms with Gasteiger partial charge >= 0.3 is 0 Å². The number of nitrogens with zero attached hydrogens (tertiary/aromatic N) is 3. The van der Waals surface area contributed by atoms with E-state index in [-0.39, 0.29) is 23.3 Å². The molecule has 7 nitrogen and oxygen atoms in total. The first kappa shape index (κ1) is 16.0. The Morgan fingerprint density at radius 2 is 2.25 bits per heavy atom. The summed E-state index contributed by atoms with van der Waals surface area (Å²) in [6, 6.07) is 4.25. The second-order valence-corrected chi connectivity index (χ2v) is 5.80. The number of primary amides is 1. The molecule has 1 saturated heterocycles. The van der Waals surface area contributed by atoms with Crippen LogP contribution >= 0.6 is 0 Å². The average Bonchev–Trinajstić information content (AvgIpc) is 3.14. The number of amides is 2. The molecule has 0 radical (unpaired) electrons. The molecule has 1 unspecified atom stereocenters. The molecule has 3 heterocycles. The molecule has 1 aliphatic heterocycles. The van der Waals surface area contributed by atoms with Crippen LogP contribution < -0.4 is 16.0 Å². The van der Waals surface area contributed by atoms with Gasteiger partial charge < -0.3 is 20.5 Å². The van der Waals surface area contributed by atoms with Gasteiger partial charge in [0.25, 0.3) is 5.91 Å². The van der Waals surface area contributed by atoms with Gasteiger partial charge in [-0.2, -0.15) is 0 Å². The summed E-state index contributed by atoms with van der Waals surface area (Å²) >= 11 is 0. The van der Waals surface area contributed by atoms with Crippen molar-refractivity contribution in [2.75, 3.05) is 18.0 Å². The number of aryl methyl sites for hydroxylation is 1. The normalized spacial score (nSPS) is 17.1. The third-order valence-electron chi connectivity index (χ3n) is 4.08. The molecule has 3 N–H and O–H groups in total. The van der Waals surface area contributed by atoms with E-state index in [0.717, 1.165) is 0 Å². The maximum Gasteiger partial charge on any atom is 0.268 e. The highest BCUT2D eigenvalue weighted by Gasteiger charge is 2.27. The van der Waals surface area contributed by atoms with Gasteiger partial charge in [0.15, 0.2) is 11.6 Å². The van der Waals surface area contributed by atoms with E-state index < -0.39 is 5.91 Å². The lowest BCUT2D eigenvalue weighted by molar-refractivity contribution is 0.0932. The van der Waals surface area contributed by atoms with Gasteiger partial charge in [-0.1, -0.05) is 0 Å². The second kappa shape index (κ2) is 6.31. The predicted molar refractivity (Wildman–Crippen MR) is 86.2 cm³/mol. The van der Waals surface area contributed by atoms with Gasteiger partial charge in [-0.15, -0.1) is 0 Å². The van der Waals surface area contributed by atoms with Crippen LogP contribution in [0.3, 0.4) is 0 Å². The van der Waals surface area contributed by atoms with Gasteiger partial charge in [-0.25, -0.2) is 9.37 Å². The standard InChI is InChI=1S/C16H18FN5O2/c1-21-8-10(14(18)23)7-13(21)16(24)20-11-4-6-22(9-11)15-12(17)3-2-5-19-15/h2-3,5,7-8,11H,4,6,9H2,1H3,(H2,18,23)(H,20,24). The average molecular weight is 331 g/mol. The number of hydrogen-bond acceptors (Lipinski definition) is 4. The molecule has 0 spiro atoms. The second-order valence-electron chi connectivity index (χ2n) is 5.80. The number of rotatable bonds is 4. The Morgan fingerprint density at radius 1 is 1.46 bits per heavy atom. The maximum atomic E-state index is 13.8. The molecule has 2 aromatic rings. The van der Waals surface area contributed by atoms with E-state index in [4.69, 9.17) is 5.73 Å². The Morgan fingerprint density at radius 3 is 2.92 bits per heavy atom. The topological polar surface area (TPSA) is 93.2 Å². The van der Waals surface area contributed by atoms with Crippen LogP contribution in [0.4, 0.5) is 10.2 Å². The molecule has 0 bridgehead atoms. The van der Waals surface area contributed by atoms with Crippen LogP contribution in [0.25, 0.3) is 0 Å². The van der Waals surface area contributed by atoms with Crippen LogP contribution in [-0.2, 0) is 7.05 Å². The van der Waals surface area contributed by atoms with E-state index >= 15 is 0 Å². The number of nitrogens with two attached hydrogens (primary N) is 1. The van der Waals surface area contributed by atoms with Gasteiger partial charge in [0, 0.05) is 38.6 Å². The van der Waals surface area contributed by atoms with Gasteiger partial charge in [-0.3, -0.25) is 9.59 Å². The first-order valence-electron chi connectivity index (χ1n) is 7.58. The molecular formula is C16H18FN5O2. The number of aromatic nitrogens is 2. The van der Waals surface area contributed by atoms with E-state index in [1.165, 1.54) is 18.3 Å². The SMILES string of the molecule is Cn1cc(C(N)=O)cc1C(=O)NC1CCN(c2ncccc2F)C1. The maximum absolute atomic E-state index is 13.8. The Labute approximate surface area is 138 Å². The first-order chi connectivity index (χ1) is 11.5. The molecule has 2 aromatic heterocycles. The molecule has 0 aliphatic carbocycles. The quantitative estimate of drug-likeness (QED) is 0.861. The van der Waals surface area contributed by atoms with E-state index in [2.05, 4.69) is 10.3 Å². The van der Waals surface area contributed by atoms with Crippen LogP contribution in [0.1, 0.15) is 27.3 Å². The van der Waals surface area contributed by atoms with Crippen LogP contribution in [-0.4, -0.2) is 40.5 Å². The zero-order valence-corrected chi connectivity index (χ0v) is 13.2. The van der Waals surface area contributed by atoms with Crippen LogP contribution in [0, 0.1) is 5.82 Å². The van der Waals surface area contributed by atoms with Gasteiger partial charge in [0.1, 0.15) is 5.69 Å². The van der Waals surface area contributed by atoms with Crippen LogP contribution in [0.5, 0.6) is 0 Å². The number of nitrogens with one attached hydrogen (secondary N) is 1. The van der Waals surface area contributed by atoms with Crippen molar-refractivity contribution in [1.29, 1.82) is 0 Å². The van der Waals surface area contributed by atoms with E-state index in [1.54, 1.807) is 28.8 Å². The smallest absolute Gasteiger partial charge is 0.268 e. The molecule has 0 aromatic carbocycles. The minimum Gasteiger partial charge on any atom is -0.366 e. The van der Waals surface area contributed by atoms with Crippen molar-refractivity contribution >= 4 is 17.6 Å². The molecule has 8 heteroatoms. The predicted octanol–water partition coefficient (Wildman–Crippen LogP) is 0.667. The fourth-order valence-corrected chi connectivity index (χ4v) is 2.86. The molecule has 0 saturated carbocycles. The zero-order valence-electron chi connectivity index (χ0n) is 13.2. The lowest BCUT2D eigenvalue weighted by atomic mass is 10.2. The Kier molecular flexibility index (Phi) is 4.20. The molecule has 1 atom stereocenters. The number of halogens is 1. The van der Waals surface area contributed by atoms with E-state index in [1.807, 2.05) is 0 Å². The van der Waals surface area contributed by atoms with Crippen molar-refractivity contribution in [1.82, 2.24) is 14.9 Å². The summed E-state index contributed by atoms with van der Waals surface area (Å²) in [6.07, 6.45) is 3.75. The summed E-state index contributed by atoms with van der Waals surface area (Å²) in [5, 5.41) is 2.90. The monoisotopic (exact) mass is 331 g/mol. The van der Waals surface area contributed by atoms with Crippen LogP contribution in [0.2, 0.25) is 0 Å². The van der Waals surface area contributed by atoms with Gasteiger partial charge in [-0.05, 0) is 24.6 Å². The minimum atomic E-state index is -0.581. The summed E-state index contributed by atoms with van der Waals surface area (Å²) in [5.41, 5.74) is 5.86. The van der Waals surface area contributed by atoms with Crippen molar-refractivity contribution in [3.05, 3.63) is 47.7 Å². The van der Waals surface area contributed by atoms with Crippen molar-refractivity contribution in [3.8, 4) is 0 Å². The third-order valence-corrected chi connectivity index (χ3v) is 4.08. The largest absolute Gasteiger partial charge is 0.366 e. The van der Waals surface area contributed by atoms with Crippen molar-refractivity contribution in [2.24, 2.45) is 12.8 Å². The van der Waals surface area contributed by atoms with Crippen molar-refractivity contribution < 1.29 is 14.0 Å². The summed E-state index contributed by atoms with van der Waals surface area (Å²) in [6.45, 7) is 1.09. The Hall–Kier alpha value is -2.90. The summed E-state index contributed by atoms with van der Waals surface area (Å²) in [7, 11) is 1.67. The fraction of sp³-hybridized carbons (Fsp3) is 0.312. The summed E-state index contributed by atoms with van der Waals surface area (Å²) in [5.74, 6) is -0.956. The highest BCUT2D eigenvalue weighted by molar-refractivity contribution is 5.98. The summed E-state index contributed by atoms with van der Waals surface area (Å²) in [4.78, 5) is 29.4. The minimum absolute atomic E-state index is 0.120. The third kappa shape index (κ3) is 3.08. The highest BCUT2D eigenvalue weighted by Crippen LogP contribution is 2.21. The molecule has 2 amide bonds. The van der Waals surface area contributed by atoms with Gasteiger partial charge in [0.05, 0.1) is 5.56 Å². The molecule has 126 valence electrons. The molecule has 24 heavy (non-hydrogen) atoms. The number of carbonyl (C=O) groups excluding carboxylic acids is 2. The van der Waals surface area contributed by atoms with Crippen LogP contribution in [0.15, 0.2) is 30.6 Å².